The van der Waals surface area contributed by atoms with Crippen LogP contribution in [0.4, 0.5) is 0 Å². The standard InChI is InChI=1S/C49H31NO/c1-49(2)39-22-8-5-17-36(39)43-44-38-19-7-10-24-41(38)51-48(44)45-37-18-6-9-23-40(37)50(47(45)46(43)49)29-14-11-13-28(27-29)30-25-26-35-32-16-4-3-15-31(32)34-21-12-20-33(30)42(34)35/h3-27H,1-2H3. The van der Waals surface area contributed by atoms with Crippen LogP contribution in [0, 0.1) is 0 Å². The predicted octanol–water partition coefficient (Wildman–Crippen LogP) is 13.5. The van der Waals surface area contributed by atoms with E-state index in [-0.39, 0.29) is 5.41 Å². The molecule has 2 aromatic heterocycles. The molecule has 0 spiro atoms. The molecule has 2 aliphatic carbocycles. The zero-order valence-electron chi connectivity index (χ0n) is 28.3. The number of furan rings is 1. The van der Waals surface area contributed by atoms with E-state index in [4.69, 9.17) is 4.42 Å². The van der Waals surface area contributed by atoms with E-state index in [2.05, 4.69) is 170 Å². The van der Waals surface area contributed by atoms with Crippen LogP contribution in [0.1, 0.15) is 25.0 Å². The van der Waals surface area contributed by atoms with Crippen molar-refractivity contribution in [1.29, 1.82) is 0 Å². The second-order valence-electron chi connectivity index (χ2n) is 14.8. The average molecular weight is 650 g/mol. The summed E-state index contributed by atoms with van der Waals surface area (Å²) >= 11 is 0. The Morgan fingerprint density at radius 1 is 0.490 bits per heavy atom. The molecule has 0 N–H and O–H groups in total. The van der Waals surface area contributed by atoms with Gasteiger partial charge in [0.2, 0.25) is 0 Å². The molecule has 0 amide bonds. The van der Waals surface area contributed by atoms with Crippen LogP contribution in [-0.4, -0.2) is 4.57 Å². The van der Waals surface area contributed by atoms with Gasteiger partial charge in [0, 0.05) is 27.3 Å². The molecule has 12 rings (SSSR count). The molecule has 2 heteroatoms. The highest BCUT2D eigenvalue weighted by Gasteiger charge is 2.41. The van der Waals surface area contributed by atoms with Crippen LogP contribution in [0.15, 0.2) is 156 Å². The molecule has 238 valence electrons. The van der Waals surface area contributed by atoms with Crippen molar-refractivity contribution in [3.63, 3.8) is 0 Å². The molecule has 0 unspecified atom stereocenters. The number of hydrogen-bond donors (Lipinski definition) is 0. The lowest BCUT2D eigenvalue weighted by atomic mass is 9.81. The summed E-state index contributed by atoms with van der Waals surface area (Å²) in [6.07, 6.45) is 0. The molecule has 0 bridgehead atoms. The zero-order chi connectivity index (χ0) is 33.6. The predicted molar refractivity (Wildman–Crippen MR) is 213 cm³/mol. The second kappa shape index (κ2) is 9.44. The third-order valence-corrected chi connectivity index (χ3v) is 11.9. The van der Waals surface area contributed by atoms with Crippen molar-refractivity contribution in [3.05, 3.63) is 163 Å². The van der Waals surface area contributed by atoms with E-state index >= 15 is 0 Å². The van der Waals surface area contributed by atoms with Crippen LogP contribution in [0.5, 0.6) is 0 Å². The lowest BCUT2D eigenvalue weighted by molar-refractivity contribution is 0.662. The first kappa shape index (κ1) is 27.4. The molecule has 2 aliphatic rings. The fourth-order valence-corrected chi connectivity index (χ4v) is 9.82. The van der Waals surface area contributed by atoms with Crippen molar-refractivity contribution in [2.75, 3.05) is 0 Å². The second-order valence-corrected chi connectivity index (χ2v) is 14.8. The summed E-state index contributed by atoms with van der Waals surface area (Å²) in [5.41, 5.74) is 18.3. The van der Waals surface area contributed by atoms with E-state index in [1.807, 2.05) is 0 Å². The van der Waals surface area contributed by atoms with Gasteiger partial charge in [0.15, 0.2) is 0 Å². The van der Waals surface area contributed by atoms with E-state index in [1.54, 1.807) is 0 Å². The van der Waals surface area contributed by atoms with Gasteiger partial charge < -0.3 is 8.98 Å². The molecule has 0 radical (unpaired) electrons. The van der Waals surface area contributed by atoms with Gasteiger partial charge in [-0.15, -0.1) is 0 Å². The van der Waals surface area contributed by atoms with Crippen LogP contribution in [0.2, 0.25) is 0 Å². The number of para-hydroxylation sites is 2. The first-order valence-corrected chi connectivity index (χ1v) is 17.9. The summed E-state index contributed by atoms with van der Waals surface area (Å²) in [6.45, 7) is 4.79. The monoisotopic (exact) mass is 649 g/mol. The van der Waals surface area contributed by atoms with Gasteiger partial charge in [-0.05, 0) is 90.7 Å². The van der Waals surface area contributed by atoms with Crippen molar-refractivity contribution in [2.24, 2.45) is 0 Å². The van der Waals surface area contributed by atoms with Crippen molar-refractivity contribution in [2.45, 2.75) is 19.3 Å². The number of fused-ring (bicyclic) bond motifs is 15. The molecule has 0 aliphatic heterocycles. The highest BCUT2D eigenvalue weighted by Crippen LogP contribution is 2.58. The summed E-state index contributed by atoms with van der Waals surface area (Å²) in [4.78, 5) is 0. The Hall–Kier alpha value is -6.38. The normalized spacial score (nSPS) is 13.8. The lowest BCUT2D eigenvalue weighted by Crippen LogP contribution is -2.16. The van der Waals surface area contributed by atoms with Crippen molar-refractivity contribution in [1.82, 2.24) is 4.57 Å². The zero-order valence-corrected chi connectivity index (χ0v) is 28.3. The maximum Gasteiger partial charge on any atom is 0.146 e. The van der Waals surface area contributed by atoms with Gasteiger partial charge >= 0.3 is 0 Å². The summed E-state index contributed by atoms with van der Waals surface area (Å²) in [5.74, 6) is 0. The van der Waals surface area contributed by atoms with Crippen LogP contribution in [0.3, 0.4) is 0 Å². The highest BCUT2D eigenvalue weighted by atomic mass is 16.3. The molecular formula is C49H31NO. The Morgan fingerprint density at radius 3 is 2.00 bits per heavy atom. The molecule has 0 saturated heterocycles. The van der Waals surface area contributed by atoms with E-state index in [9.17, 15) is 0 Å². The molecule has 0 fully saturated rings. The number of nitrogens with zero attached hydrogens (tertiary/aromatic N) is 1. The molecule has 0 saturated carbocycles. The smallest absolute Gasteiger partial charge is 0.146 e. The Labute approximate surface area is 294 Å². The van der Waals surface area contributed by atoms with Gasteiger partial charge in [0.05, 0.1) is 16.4 Å². The topological polar surface area (TPSA) is 18.1 Å². The molecule has 0 atom stereocenters. The van der Waals surface area contributed by atoms with Crippen LogP contribution < -0.4 is 0 Å². The minimum absolute atomic E-state index is 0.229. The number of rotatable bonds is 2. The van der Waals surface area contributed by atoms with Gasteiger partial charge in [-0.1, -0.05) is 141 Å². The highest BCUT2D eigenvalue weighted by molar-refractivity contribution is 6.30. The van der Waals surface area contributed by atoms with Crippen molar-refractivity contribution >= 4 is 54.5 Å². The molecule has 8 aromatic carbocycles. The van der Waals surface area contributed by atoms with Crippen LogP contribution in [-0.2, 0) is 5.41 Å². The third kappa shape index (κ3) is 3.33. The van der Waals surface area contributed by atoms with Gasteiger partial charge in [-0.25, -0.2) is 0 Å². The maximum absolute atomic E-state index is 6.91. The Kier molecular flexibility index (Phi) is 5.08. The molecule has 2 heterocycles. The average Bonchev–Trinajstić information content (AvgIpc) is 3.88. The summed E-state index contributed by atoms with van der Waals surface area (Å²) < 4.78 is 9.43. The van der Waals surface area contributed by atoms with Crippen LogP contribution >= 0.6 is 0 Å². The third-order valence-electron chi connectivity index (χ3n) is 11.9. The molecule has 10 aromatic rings. The van der Waals surface area contributed by atoms with Gasteiger partial charge in [-0.2, -0.15) is 0 Å². The Bertz CT molecular complexity index is 3140. The van der Waals surface area contributed by atoms with Gasteiger partial charge in [-0.3, -0.25) is 0 Å². The fourth-order valence-electron chi connectivity index (χ4n) is 9.82. The Morgan fingerprint density at radius 2 is 1.14 bits per heavy atom. The maximum atomic E-state index is 6.91. The summed E-state index contributed by atoms with van der Waals surface area (Å²) in [7, 11) is 0. The van der Waals surface area contributed by atoms with E-state index in [0.29, 0.717) is 0 Å². The SMILES string of the molecule is CC1(C)c2ccccc2-c2c1c1c(c3ccccc3n1-c1cccc(-c3ccc4c5c(cccc35)-c3ccccc3-4)c1)c1oc3ccccc3c21. The fraction of sp³-hybridized carbons (Fsp3) is 0.0612. The summed E-state index contributed by atoms with van der Waals surface area (Å²) in [6, 6.07) is 55.8. The minimum Gasteiger partial charge on any atom is -0.455 e. The first-order chi connectivity index (χ1) is 25.1. The number of benzene rings is 8. The lowest BCUT2D eigenvalue weighted by Gasteiger charge is -2.24. The summed E-state index contributed by atoms with van der Waals surface area (Å²) in [5, 5.41) is 7.43. The quantitative estimate of drug-likeness (QED) is 0.182. The number of hydrogen-bond acceptors (Lipinski definition) is 1. The largest absolute Gasteiger partial charge is 0.455 e. The minimum atomic E-state index is -0.229. The van der Waals surface area contributed by atoms with Crippen molar-refractivity contribution < 1.29 is 4.42 Å². The number of aromatic nitrogens is 1. The molecular weight excluding hydrogens is 619 g/mol. The van der Waals surface area contributed by atoms with E-state index in [0.717, 1.165) is 16.9 Å². The van der Waals surface area contributed by atoms with Gasteiger partial charge in [0.25, 0.3) is 0 Å². The van der Waals surface area contributed by atoms with Crippen molar-refractivity contribution in [3.8, 4) is 50.2 Å². The van der Waals surface area contributed by atoms with Gasteiger partial charge in [0.1, 0.15) is 11.2 Å². The Balaban J connectivity index is 1.20. The first-order valence-electron chi connectivity index (χ1n) is 17.9. The van der Waals surface area contributed by atoms with Crippen LogP contribution in [0.25, 0.3) is 105 Å². The van der Waals surface area contributed by atoms with E-state index in [1.165, 1.54) is 99.0 Å². The van der Waals surface area contributed by atoms with E-state index < -0.39 is 0 Å². The molecule has 51 heavy (non-hydrogen) atoms. The molecule has 2 nitrogen and oxygen atoms in total.